The van der Waals surface area contributed by atoms with Crippen LogP contribution in [0.25, 0.3) is 86.4 Å². The van der Waals surface area contributed by atoms with E-state index in [1.807, 2.05) is 0 Å². The summed E-state index contributed by atoms with van der Waals surface area (Å²) in [6.45, 7) is 71.9. The molecule has 16 rings (SSSR count). The van der Waals surface area contributed by atoms with Gasteiger partial charge in [0.1, 0.15) is 0 Å². The minimum absolute atomic E-state index is 0.488. The Hall–Kier alpha value is -10.5. The van der Waals surface area contributed by atoms with E-state index in [1.54, 1.807) is 0 Å². The highest BCUT2D eigenvalue weighted by Crippen LogP contribution is 2.38. The normalized spacial score (nSPS) is 11.6. The zero-order valence-corrected chi connectivity index (χ0v) is 84.7. The van der Waals surface area contributed by atoms with Crippen LogP contribution in [-0.4, -0.2) is 9.97 Å². The molecule has 0 saturated carbocycles. The number of benzene rings is 14. The Morgan fingerprint density at radius 3 is 0.789 bits per heavy atom. The summed E-state index contributed by atoms with van der Waals surface area (Å²) in [6.07, 6.45) is 0. The van der Waals surface area contributed by atoms with E-state index in [1.165, 1.54) is 165 Å². The molecule has 128 heavy (non-hydrogen) atoms. The molecule has 0 atom stereocenters. The third kappa shape index (κ3) is 26.6. The van der Waals surface area contributed by atoms with Crippen molar-refractivity contribution < 1.29 is 0 Å². The molecule has 16 aromatic rings. The van der Waals surface area contributed by atoms with Crippen molar-refractivity contribution in [3.63, 3.8) is 0 Å². The molecular formula is C126H158N2. The van der Waals surface area contributed by atoms with E-state index >= 15 is 0 Å². The first-order chi connectivity index (χ1) is 60.8. The van der Waals surface area contributed by atoms with Gasteiger partial charge >= 0.3 is 0 Å². The molecule has 2 heterocycles. The Kier molecular flexibility index (Phi) is 37.3. The summed E-state index contributed by atoms with van der Waals surface area (Å²) in [5, 5.41) is 19.2. The van der Waals surface area contributed by atoms with E-state index in [0.717, 1.165) is 11.0 Å². The third-order valence-corrected chi connectivity index (χ3v) is 25.3. The standard InChI is InChI=1S/6C16H20.2C15H19N/c1-11(2)13-5-7-16-10-14(12(3)4)6-8-15(16)9-13;1-11(2)14-7-5-13-6-8-15(12(3)4)10-16(13)9-14;1-11(2)13-7-5-10-16-14(12(3)4)8-6-9-15(13)16;1-11(2)14-9-5-7-13-8-6-10-15(12(3)4)16(13)14;1-11(2)13-8-9-16-14(10-13)6-5-7-15(16)12(3)4;1-11(2)14-10-9-13-7-5-6-8-15(13)16(14)12(3)4;2*1-10(2)13-9-15(11(3)4)16-14-8-6-5-7-12(13)14/h6*5-12H,1-4H3;2*5-11H,1-4H3. The van der Waals surface area contributed by atoms with Crippen molar-refractivity contribution in [1.29, 1.82) is 0 Å². The highest BCUT2D eigenvalue weighted by molar-refractivity contribution is 5.93. The predicted molar refractivity (Wildman–Crippen MR) is 573 cm³/mol. The molecule has 0 bridgehead atoms. The first-order valence-electron chi connectivity index (χ1n) is 48.7. The average Bonchev–Trinajstić information content (AvgIpc) is 0.991. The molecule has 0 unspecified atom stereocenters. The third-order valence-electron chi connectivity index (χ3n) is 25.3. The molecule has 0 N–H and O–H groups in total. The van der Waals surface area contributed by atoms with Crippen molar-refractivity contribution in [3.05, 3.63) is 368 Å². The van der Waals surface area contributed by atoms with Gasteiger partial charge in [0.2, 0.25) is 0 Å². The van der Waals surface area contributed by atoms with Crippen LogP contribution >= 0.6 is 0 Å². The highest BCUT2D eigenvalue weighted by Gasteiger charge is 2.18. The fourth-order valence-electron chi connectivity index (χ4n) is 17.4. The maximum Gasteiger partial charge on any atom is 0.0708 e. The zero-order valence-electron chi connectivity index (χ0n) is 84.7. The fourth-order valence-corrected chi connectivity index (χ4v) is 17.4. The van der Waals surface area contributed by atoms with Crippen LogP contribution in [0.15, 0.2) is 279 Å². The number of hydrogen-bond acceptors (Lipinski definition) is 2. The topological polar surface area (TPSA) is 25.8 Å². The second-order valence-electron chi connectivity index (χ2n) is 40.7. The minimum atomic E-state index is 0.488. The Labute approximate surface area is 775 Å². The molecule has 2 aromatic heterocycles. The number of pyridine rings is 2. The number of fused-ring (bicyclic) bond motifs is 8. The van der Waals surface area contributed by atoms with Crippen molar-refractivity contribution in [2.45, 2.75) is 316 Å². The van der Waals surface area contributed by atoms with Gasteiger partial charge in [0.05, 0.1) is 11.0 Å². The van der Waals surface area contributed by atoms with Crippen molar-refractivity contribution in [2.75, 3.05) is 0 Å². The van der Waals surface area contributed by atoms with Crippen LogP contribution in [0, 0.1) is 0 Å². The summed E-state index contributed by atoms with van der Waals surface area (Å²) in [7, 11) is 0. The molecule has 0 spiro atoms. The van der Waals surface area contributed by atoms with Gasteiger partial charge in [-0.2, -0.15) is 0 Å². The molecule has 0 saturated heterocycles. The quantitative estimate of drug-likeness (QED) is 0.0963. The van der Waals surface area contributed by atoms with Crippen LogP contribution < -0.4 is 0 Å². The van der Waals surface area contributed by atoms with Crippen LogP contribution in [0.3, 0.4) is 0 Å². The molecule has 0 radical (unpaired) electrons. The van der Waals surface area contributed by atoms with E-state index in [0.29, 0.717) is 94.7 Å². The maximum atomic E-state index is 4.72. The van der Waals surface area contributed by atoms with Crippen LogP contribution in [0.5, 0.6) is 0 Å². The number of nitrogens with zero attached hydrogens (tertiary/aromatic N) is 2. The lowest BCUT2D eigenvalue weighted by molar-refractivity contribution is 0.798. The fraction of sp³-hybridized carbons (Fsp3) is 0.381. The van der Waals surface area contributed by atoms with Crippen LogP contribution in [0.2, 0.25) is 0 Å². The summed E-state index contributed by atoms with van der Waals surface area (Å²) >= 11 is 0. The molecule has 2 heteroatoms. The van der Waals surface area contributed by atoms with Gasteiger partial charge in [-0.05, 0) is 261 Å². The number of aromatic nitrogens is 2. The maximum absolute atomic E-state index is 4.72. The second kappa shape index (κ2) is 47.1. The smallest absolute Gasteiger partial charge is 0.0708 e. The van der Waals surface area contributed by atoms with Gasteiger partial charge < -0.3 is 0 Å². The minimum Gasteiger partial charge on any atom is -0.253 e. The first kappa shape index (κ1) is 101. The zero-order chi connectivity index (χ0) is 93.7. The van der Waals surface area contributed by atoms with Crippen LogP contribution in [0.1, 0.15) is 406 Å². The number of hydrogen-bond donors (Lipinski definition) is 0. The SMILES string of the molecule is CC(C)c1cc(C(C)C)c2ccccc2n1.CC(C)c1cc(C(C)C)c2ccccc2n1.CC(C)c1ccc2c(C(C)C)cccc2c1.CC(C)c1ccc2cc(C(C)C)ccc2c1.CC(C)c1ccc2ccc(C(C)C)cc2c1.CC(C)c1ccc2ccccc2c1C(C)C.CC(C)c1cccc2c(C(C)C)cccc12.CC(C)c1cccc2cccc(C(C)C)c12. The van der Waals surface area contributed by atoms with E-state index in [-0.39, 0.29) is 0 Å². The van der Waals surface area contributed by atoms with Crippen molar-refractivity contribution in [2.24, 2.45) is 0 Å². The average molecular weight is 1700 g/mol. The molecule has 0 aliphatic rings. The second-order valence-corrected chi connectivity index (χ2v) is 40.7. The Morgan fingerprint density at radius 2 is 0.430 bits per heavy atom. The van der Waals surface area contributed by atoms with Gasteiger partial charge in [-0.25, -0.2) is 0 Å². The van der Waals surface area contributed by atoms with E-state index < -0.39 is 0 Å². The lowest BCUT2D eigenvalue weighted by Crippen LogP contribution is -1.99. The summed E-state index contributed by atoms with van der Waals surface area (Å²) in [5.41, 5.74) is 24.9. The van der Waals surface area contributed by atoms with Crippen molar-refractivity contribution in [3.8, 4) is 0 Å². The van der Waals surface area contributed by atoms with Crippen LogP contribution in [-0.2, 0) is 0 Å². The largest absolute Gasteiger partial charge is 0.253 e. The summed E-state index contributed by atoms with van der Waals surface area (Å²) in [4.78, 5) is 9.44. The Morgan fingerprint density at radius 1 is 0.148 bits per heavy atom. The van der Waals surface area contributed by atoms with E-state index in [4.69, 9.17) is 9.97 Å². The van der Waals surface area contributed by atoms with Gasteiger partial charge in [-0.1, -0.05) is 476 Å². The lowest BCUT2D eigenvalue weighted by atomic mass is 9.86. The summed E-state index contributed by atoms with van der Waals surface area (Å²) in [6, 6.07) is 102. The Balaban J connectivity index is 0.000000165. The van der Waals surface area contributed by atoms with Crippen LogP contribution in [0.4, 0.5) is 0 Å². The van der Waals surface area contributed by atoms with Gasteiger partial charge in [0.25, 0.3) is 0 Å². The van der Waals surface area contributed by atoms with E-state index in [9.17, 15) is 0 Å². The van der Waals surface area contributed by atoms with Crippen molar-refractivity contribution in [1.82, 2.24) is 9.97 Å². The van der Waals surface area contributed by atoms with E-state index in [2.05, 4.69) is 501 Å². The number of rotatable bonds is 16. The van der Waals surface area contributed by atoms with Gasteiger partial charge in [0.15, 0.2) is 0 Å². The molecule has 0 aliphatic carbocycles. The number of para-hydroxylation sites is 2. The first-order valence-corrected chi connectivity index (χ1v) is 48.7. The Bertz CT molecular complexity index is 5900. The predicted octanol–water partition coefficient (Wildman–Crippen LogP) is 39.5. The highest BCUT2D eigenvalue weighted by atomic mass is 14.7. The molecule has 0 aliphatic heterocycles. The monoisotopic (exact) mass is 1700 g/mol. The molecule has 672 valence electrons. The van der Waals surface area contributed by atoms with Crippen molar-refractivity contribution >= 4 is 86.4 Å². The summed E-state index contributed by atoms with van der Waals surface area (Å²) in [5.74, 6) is 9.22. The lowest BCUT2D eigenvalue weighted by Gasteiger charge is -2.18. The van der Waals surface area contributed by atoms with Gasteiger partial charge in [-0.3, -0.25) is 9.97 Å². The van der Waals surface area contributed by atoms with Gasteiger partial charge in [-0.15, -0.1) is 0 Å². The summed E-state index contributed by atoms with van der Waals surface area (Å²) < 4.78 is 0. The molecule has 14 aromatic carbocycles. The van der Waals surface area contributed by atoms with Gasteiger partial charge in [0, 0.05) is 22.2 Å². The molecule has 0 fully saturated rings. The molecular weight excluding hydrogens is 1540 g/mol. The molecule has 0 amide bonds. The molecule has 2 nitrogen and oxygen atoms in total.